The van der Waals surface area contributed by atoms with Gasteiger partial charge in [0.05, 0.1) is 0 Å². The summed E-state index contributed by atoms with van der Waals surface area (Å²) in [5.74, 6) is 0.656. The minimum absolute atomic E-state index is 0.0681. The topological polar surface area (TPSA) is 35.5 Å². The Morgan fingerprint density at radius 3 is 2.53 bits per heavy atom. The Labute approximate surface area is 98.8 Å². The van der Waals surface area contributed by atoms with Crippen molar-refractivity contribution < 1.29 is 14.3 Å². The van der Waals surface area contributed by atoms with Crippen LogP contribution >= 0.6 is 24.8 Å². The van der Waals surface area contributed by atoms with Crippen molar-refractivity contribution in [3.05, 3.63) is 30.3 Å². The lowest BCUT2D eigenvalue weighted by Gasteiger charge is -2.06. The minimum atomic E-state index is -0.336. The summed E-state index contributed by atoms with van der Waals surface area (Å²) >= 11 is 8.46. The van der Waals surface area contributed by atoms with Gasteiger partial charge in [0.1, 0.15) is 19.0 Å². The standard InChI is InChI=1S/C10H10O3S2/c11-9(14)6-12-7-10(15)13-8-4-2-1-3-5-8/h1-5H,6-7H2,(H,11,14). The maximum Gasteiger partial charge on any atom is 0.211 e. The molecule has 0 saturated heterocycles. The second-order valence-corrected chi connectivity index (χ2v) is 3.63. The van der Waals surface area contributed by atoms with Gasteiger partial charge in [-0.15, -0.1) is 12.6 Å². The van der Waals surface area contributed by atoms with Gasteiger partial charge in [-0.1, -0.05) is 18.2 Å². The van der Waals surface area contributed by atoms with Crippen LogP contribution in [0.15, 0.2) is 30.3 Å². The highest BCUT2D eigenvalue weighted by Crippen LogP contribution is 2.08. The van der Waals surface area contributed by atoms with Gasteiger partial charge in [-0.3, -0.25) is 4.79 Å². The predicted molar refractivity (Wildman–Crippen MR) is 64.5 cm³/mol. The van der Waals surface area contributed by atoms with E-state index < -0.39 is 0 Å². The summed E-state index contributed by atoms with van der Waals surface area (Å²) in [6, 6.07) is 9.14. The van der Waals surface area contributed by atoms with Crippen LogP contribution in [0.3, 0.4) is 0 Å². The molecule has 1 aromatic carbocycles. The van der Waals surface area contributed by atoms with E-state index in [1.54, 1.807) is 12.1 Å². The number of hydrogen-bond donors (Lipinski definition) is 1. The van der Waals surface area contributed by atoms with Crippen molar-refractivity contribution in [2.45, 2.75) is 0 Å². The summed E-state index contributed by atoms with van der Waals surface area (Å²) in [5.41, 5.74) is 0. The van der Waals surface area contributed by atoms with Crippen molar-refractivity contribution in [3.63, 3.8) is 0 Å². The van der Waals surface area contributed by atoms with Crippen LogP contribution in [0, 0.1) is 0 Å². The zero-order valence-electron chi connectivity index (χ0n) is 7.88. The number of thiocarbonyl (C=S) groups is 1. The molecule has 0 atom stereocenters. The molecule has 0 aliphatic rings. The maximum atomic E-state index is 10.4. The summed E-state index contributed by atoms with van der Waals surface area (Å²) in [5, 5.41) is -0.0479. The molecule has 0 aliphatic carbocycles. The van der Waals surface area contributed by atoms with Crippen molar-refractivity contribution in [1.29, 1.82) is 0 Å². The lowest BCUT2D eigenvalue weighted by Crippen LogP contribution is -2.15. The van der Waals surface area contributed by atoms with Crippen molar-refractivity contribution >= 4 is 35.0 Å². The molecule has 15 heavy (non-hydrogen) atoms. The third-order valence-electron chi connectivity index (χ3n) is 1.42. The highest BCUT2D eigenvalue weighted by Gasteiger charge is 2.01. The number of hydrogen-bond acceptors (Lipinski definition) is 4. The fraction of sp³-hybridized carbons (Fsp3) is 0.200. The zero-order valence-corrected chi connectivity index (χ0v) is 9.59. The molecule has 0 aromatic heterocycles. The first-order chi connectivity index (χ1) is 7.18. The Bertz CT molecular complexity index is 338. The third-order valence-corrected chi connectivity index (χ3v) is 1.75. The molecule has 1 aromatic rings. The van der Waals surface area contributed by atoms with Gasteiger partial charge < -0.3 is 9.47 Å². The average Bonchev–Trinajstić information content (AvgIpc) is 2.18. The van der Waals surface area contributed by atoms with E-state index in [1.165, 1.54) is 0 Å². The molecule has 0 bridgehead atoms. The molecule has 0 N–H and O–H groups in total. The minimum Gasteiger partial charge on any atom is -0.448 e. The number of ether oxygens (including phenoxy) is 2. The van der Waals surface area contributed by atoms with Crippen molar-refractivity contribution in [3.8, 4) is 5.75 Å². The van der Waals surface area contributed by atoms with E-state index in [9.17, 15) is 4.79 Å². The fourth-order valence-corrected chi connectivity index (χ4v) is 1.14. The zero-order chi connectivity index (χ0) is 11.1. The van der Waals surface area contributed by atoms with E-state index >= 15 is 0 Å². The molecule has 0 saturated carbocycles. The van der Waals surface area contributed by atoms with Crippen molar-refractivity contribution in [2.24, 2.45) is 0 Å². The first-order valence-corrected chi connectivity index (χ1v) is 5.09. The monoisotopic (exact) mass is 242 g/mol. The van der Waals surface area contributed by atoms with Gasteiger partial charge in [-0.25, -0.2) is 0 Å². The van der Waals surface area contributed by atoms with E-state index in [4.69, 9.17) is 21.7 Å². The summed E-state index contributed by atoms with van der Waals surface area (Å²) in [7, 11) is 0. The quantitative estimate of drug-likeness (QED) is 0.631. The first kappa shape index (κ1) is 12.2. The molecular weight excluding hydrogens is 232 g/mol. The Hall–Kier alpha value is -0.910. The van der Waals surface area contributed by atoms with Crippen LogP contribution in [0.2, 0.25) is 0 Å². The van der Waals surface area contributed by atoms with Gasteiger partial charge >= 0.3 is 0 Å². The predicted octanol–water partition coefficient (Wildman–Crippen LogP) is 1.87. The Balaban J connectivity index is 2.28. The lowest BCUT2D eigenvalue weighted by atomic mass is 10.3. The summed E-state index contributed by atoms with van der Waals surface area (Å²) in [6.07, 6.45) is 0. The number of carbonyl (C=O) groups excluding carboxylic acids is 1. The van der Waals surface area contributed by atoms with Crippen LogP contribution in [-0.4, -0.2) is 23.4 Å². The number of rotatable bonds is 5. The fourth-order valence-electron chi connectivity index (χ4n) is 0.871. The van der Waals surface area contributed by atoms with Gasteiger partial charge in [-0.05, 0) is 24.4 Å². The van der Waals surface area contributed by atoms with Crippen LogP contribution in [0.1, 0.15) is 0 Å². The van der Waals surface area contributed by atoms with Gasteiger partial charge in [0.25, 0.3) is 0 Å². The number of para-hydroxylation sites is 1. The molecule has 1 rings (SSSR count). The van der Waals surface area contributed by atoms with E-state index in [0.717, 1.165) is 0 Å². The molecule has 0 heterocycles. The molecule has 0 spiro atoms. The van der Waals surface area contributed by atoms with E-state index in [0.29, 0.717) is 5.75 Å². The molecule has 0 aliphatic heterocycles. The maximum absolute atomic E-state index is 10.4. The Kier molecular flexibility index (Phi) is 5.31. The van der Waals surface area contributed by atoms with Gasteiger partial charge in [0.15, 0.2) is 5.05 Å². The van der Waals surface area contributed by atoms with Crippen LogP contribution in [0.4, 0.5) is 0 Å². The van der Waals surface area contributed by atoms with Gasteiger partial charge in [-0.2, -0.15) is 0 Å². The second-order valence-electron chi connectivity index (χ2n) is 2.67. The molecule has 0 fully saturated rings. The number of thiol groups is 1. The van der Waals surface area contributed by atoms with Crippen LogP contribution in [-0.2, 0) is 9.53 Å². The number of carbonyl (C=O) groups is 1. The molecule has 80 valence electrons. The number of benzene rings is 1. The van der Waals surface area contributed by atoms with Crippen LogP contribution in [0.25, 0.3) is 0 Å². The molecular formula is C10H10O3S2. The normalized spacial score (nSPS) is 9.67. The van der Waals surface area contributed by atoms with E-state index in [1.807, 2.05) is 18.2 Å². The average molecular weight is 242 g/mol. The second kappa shape index (κ2) is 6.55. The van der Waals surface area contributed by atoms with Crippen LogP contribution < -0.4 is 4.74 Å². The highest BCUT2D eigenvalue weighted by molar-refractivity contribution is 7.96. The summed E-state index contributed by atoms with van der Waals surface area (Å²) < 4.78 is 10.2. The van der Waals surface area contributed by atoms with Gasteiger partial charge in [0, 0.05) is 0 Å². The smallest absolute Gasteiger partial charge is 0.211 e. The molecule has 0 unspecified atom stereocenters. The van der Waals surface area contributed by atoms with Crippen molar-refractivity contribution in [2.75, 3.05) is 13.2 Å². The molecule has 3 nitrogen and oxygen atoms in total. The Morgan fingerprint density at radius 1 is 1.27 bits per heavy atom. The van der Waals surface area contributed by atoms with E-state index in [2.05, 4.69) is 12.6 Å². The SMILES string of the molecule is O=C(S)COCC(=S)Oc1ccccc1. The third kappa shape index (κ3) is 5.51. The van der Waals surface area contributed by atoms with Gasteiger partial charge in [0.2, 0.25) is 5.12 Å². The lowest BCUT2D eigenvalue weighted by molar-refractivity contribution is -0.114. The largest absolute Gasteiger partial charge is 0.448 e. The summed E-state index contributed by atoms with van der Waals surface area (Å²) in [6.45, 7) is 0.0396. The highest BCUT2D eigenvalue weighted by atomic mass is 32.1. The van der Waals surface area contributed by atoms with E-state index in [-0.39, 0.29) is 23.4 Å². The first-order valence-electron chi connectivity index (χ1n) is 4.24. The molecule has 5 heteroatoms. The summed E-state index contributed by atoms with van der Waals surface area (Å²) in [4.78, 5) is 10.4. The molecule has 0 radical (unpaired) electrons. The molecule has 0 amide bonds. The van der Waals surface area contributed by atoms with Crippen LogP contribution in [0.5, 0.6) is 5.75 Å². The van der Waals surface area contributed by atoms with Crippen molar-refractivity contribution in [1.82, 2.24) is 0 Å². The Morgan fingerprint density at radius 2 is 1.93 bits per heavy atom.